The van der Waals surface area contributed by atoms with Crippen molar-refractivity contribution in [1.29, 1.82) is 0 Å². The average molecular weight is 327 g/mol. The Morgan fingerprint density at radius 1 is 1.18 bits per heavy atom. The molecule has 5 heteroatoms. The Morgan fingerprint density at radius 2 is 1.95 bits per heavy atom. The van der Waals surface area contributed by atoms with Gasteiger partial charge in [0.05, 0.1) is 10.4 Å². The van der Waals surface area contributed by atoms with E-state index < -0.39 is 0 Å². The molecule has 0 spiro atoms. The lowest BCUT2D eigenvalue weighted by Crippen LogP contribution is -2.07. The summed E-state index contributed by atoms with van der Waals surface area (Å²) in [6.45, 7) is 6.23. The van der Waals surface area contributed by atoms with Gasteiger partial charge in [0.15, 0.2) is 0 Å². The average Bonchev–Trinajstić information content (AvgIpc) is 2.92. The summed E-state index contributed by atoms with van der Waals surface area (Å²) in [5, 5.41) is 5.21. The van der Waals surface area contributed by atoms with Gasteiger partial charge in [0.1, 0.15) is 16.2 Å². The standard InChI is InChI=1S/C17H17N3S2/c1-11-7-5-6-8-13(11)14-9-21-16-15(14)17(19-10-18-16)22-12(2)20(3)4/h5-10H,2H2,1,3-4H3. The lowest BCUT2D eigenvalue weighted by molar-refractivity contribution is 0.552. The molecule has 0 atom stereocenters. The minimum absolute atomic E-state index is 0.960. The summed E-state index contributed by atoms with van der Waals surface area (Å²) >= 11 is 3.25. The summed E-state index contributed by atoms with van der Waals surface area (Å²) in [6, 6.07) is 8.42. The number of fused-ring (bicyclic) bond motifs is 1. The van der Waals surface area contributed by atoms with E-state index in [1.165, 1.54) is 16.7 Å². The van der Waals surface area contributed by atoms with Crippen molar-refractivity contribution >= 4 is 33.3 Å². The highest BCUT2D eigenvalue weighted by Crippen LogP contribution is 2.40. The minimum atomic E-state index is 0.960. The van der Waals surface area contributed by atoms with Gasteiger partial charge in [0.25, 0.3) is 0 Å². The summed E-state index contributed by atoms with van der Waals surface area (Å²) in [5.41, 5.74) is 3.70. The Kier molecular flexibility index (Phi) is 4.18. The van der Waals surface area contributed by atoms with Crippen LogP contribution in [0, 0.1) is 6.92 Å². The summed E-state index contributed by atoms with van der Waals surface area (Å²) in [6.07, 6.45) is 1.63. The number of thiophene rings is 1. The zero-order valence-corrected chi connectivity index (χ0v) is 14.5. The van der Waals surface area contributed by atoms with Crippen molar-refractivity contribution in [2.24, 2.45) is 0 Å². The van der Waals surface area contributed by atoms with E-state index in [9.17, 15) is 0 Å². The molecule has 0 aliphatic rings. The molecule has 0 aliphatic heterocycles. The van der Waals surface area contributed by atoms with Gasteiger partial charge in [0.2, 0.25) is 0 Å². The van der Waals surface area contributed by atoms with Crippen molar-refractivity contribution in [1.82, 2.24) is 14.9 Å². The fraction of sp³-hybridized carbons (Fsp3) is 0.176. The van der Waals surface area contributed by atoms with Crippen molar-refractivity contribution in [3.8, 4) is 11.1 Å². The molecule has 0 saturated heterocycles. The third kappa shape index (κ3) is 2.74. The molecule has 0 bridgehead atoms. The van der Waals surface area contributed by atoms with Gasteiger partial charge in [-0.15, -0.1) is 11.3 Å². The van der Waals surface area contributed by atoms with Crippen molar-refractivity contribution in [3.05, 3.63) is 53.1 Å². The number of rotatable bonds is 4. The van der Waals surface area contributed by atoms with Crippen LogP contribution in [0.5, 0.6) is 0 Å². The van der Waals surface area contributed by atoms with E-state index in [1.807, 2.05) is 19.0 Å². The lowest BCUT2D eigenvalue weighted by Gasteiger charge is -2.15. The third-order valence-corrected chi connectivity index (χ3v) is 5.47. The van der Waals surface area contributed by atoms with Crippen LogP contribution in [0.1, 0.15) is 5.56 Å². The fourth-order valence-corrected chi connectivity index (χ4v) is 3.99. The first-order valence-electron chi connectivity index (χ1n) is 6.90. The predicted octanol–water partition coefficient (Wildman–Crippen LogP) is 4.79. The molecule has 0 amide bonds. The van der Waals surface area contributed by atoms with E-state index in [2.05, 4.69) is 53.1 Å². The Hall–Kier alpha value is -1.85. The van der Waals surface area contributed by atoms with Crippen LogP contribution in [-0.4, -0.2) is 29.0 Å². The van der Waals surface area contributed by atoms with Gasteiger partial charge in [-0.25, -0.2) is 9.97 Å². The molecule has 1 aromatic carbocycles. The molecular weight excluding hydrogens is 310 g/mol. The van der Waals surface area contributed by atoms with Gasteiger partial charge in [-0.2, -0.15) is 0 Å². The van der Waals surface area contributed by atoms with Crippen molar-refractivity contribution in [2.75, 3.05) is 14.1 Å². The summed E-state index contributed by atoms with van der Waals surface area (Å²) in [7, 11) is 3.98. The number of aryl methyl sites for hydroxylation is 1. The van der Waals surface area contributed by atoms with Crippen LogP contribution in [-0.2, 0) is 0 Å². The first kappa shape index (κ1) is 15.1. The Bertz CT molecular complexity index is 837. The summed E-state index contributed by atoms with van der Waals surface area (Å²) < 4.78 is 0. The highest BCUT2D eigenvalue weighted by atomic mass is 32.2. The van der Waals surface area contributed by atoms with Gasteiger partial charge in [-0.3, -0.25) is 0 Å². The lowest BCUT2D eigenvalue weighted by atomic mass is 10.0. The molecule has 0 saturated carbocycles. The molecule has 0 radical (unpaired) electrons. The molecule has 3 aromatic rings. The molecule has 112 valence electrons. The molecule has 2 aromatic heterocycles. The van der Waals surface area contributed by atoms with Crippen LogP contribution < -0.4 is 0 Å². The SMILES string of the molecule is C=C(Sc1ncnc2scc(-c3ccccc3C)c12)N(C)C. The van der Waals surface area contributed by atoms with E-state index in [1.54, 1.807) is 29.4 Å². The first-order chi connectivity index (χ1) is 10.6. The smallest absolute Gasteiger partial charge is 0.128 e. The van der Waals surface area contributed by atoms with Crippen molar-refractivity contribution in [2.45, 2.75) is 11.9 Å². The molecule has 3 rings (SSSR count). The van der Waals surface area contributed by atoms with Crippen LogP contribution in [0.25, 0.3) is 21.3 Å². The summed E-state index contributed by atoms with van der Waals surface area (Å²) in [4.78, 5) is 11.9. The molecule has 22 heavy (non-hydrogen) atoms. The van der Waals surface area contributed by atoms with Crippen LogP contribution in [0.3, 0.4) is 0 Å². The molecule has 3 nitrogen and oxygen atoms in total. The number of hydrogen-bond acceptors (Lipinski definition) is 5. The second-order valence-electron chi connectivity index (χ2n) is 5.21. The van der Waals surface area contributed by atoms with E-state index >= 15 is 0 Å². The monoisotopic (exact) mass is 327 g/mol. The van der Waals surface area contributed by atoms with E-state index in [0.29, 0.717) is 0 Å². The fourth-order valence-electron chi connectivity index (χ4n) is 2.20. The highest BCUT2D eigenvalue weighted by molar-refractivity contribution is 8.03. The minimum Gasteiger partial charge on any atom is -0.373 e. The van der Waals surface area contributed by atoms with Crippen LogP contribution in [0.4, 0.5) is 0 Å². The maximum Gasteiger partial charge on any atom is 0.128 e. The molecular formula is C17H17N3S2. The maximum atomic E-state index is 4.49. The van der Waals surface area contributed by atoms with Gasteiger partial charge >= 0.3 is 0 Å². The zero-order valence-electron chi connectivity index (χ0n) is 12.8. The van der Waals surface area contributed by atoms with Crippen molar-refractivity contribution in [3.63, 3.8) is 0 Å². The van der Waals surface area contributed by atoms with E-state index in [-0.39, 0.29) is 0 Å². The number of nitrogens with zero attached hydrogens (tertiary/aromatic N) is 3. The second kappa shape index (κ2) is 6.10. The normalized spacial score (nSPS) is 10.9. The highest BCUT2D eigenvalue weighted by Gasteiger charge is 2.15. The van der Waals surface area contributed by atoms with Crippen LogP contribution in [0.15, 0.2) is 52.6 Å². The maximum absolute atomic E-state index is 4.49. The molecule has 0 unspecified atom stereocenters. The van der Waals surface area contributed by atoms with Gasteiger partial charge in [-0.05, 0) is 18.1 Å². The van der Waals surface area contributed by atoms with E-state index in [4.69, 9.17) is 0 Å². The number of benzene rings is 1. The van der Waals surface area contributed by atoms with Gasteiger partial charge in [0, 0.05) is 25.0 Å². The Labute approximate surface area is 138 Å². The zero-order chi connectivity index (χ0) is 15.7. The largest absolute Gasteiger partial charge is 0.373 e. The first-order valence-corrected chi connectivity index (χ1v) is 8.60. The van der Waals surface area contributed by atoms with Crippen LogP contribution in [0.2, 0.25) is 0 Å². The third-order valence-electron chi connectivity index (χ3n) is 3.48. The van der Waals surface area contributed by atoms with Gasteiger partial charge < -0.3 is 4.90 Å². The Morgan fingerprint density at radius 3 is 2.68 bits per heavy atom. The molecule has 0 fully saturated rings. The van der Waals surface area contributed by atoms with Crippen LogP contribution >= 0.6 is 23.1 Å². The predicted molar refractivity (Wildman–Crippen MR) is 96.3 cm³/mol. The number of thioether (sulfide) groups is 1. The molecule has 0 N–H and O–H groups in total. The van der Waals surface area contributed by atoms with E-state index in [0.717, 1.165) is 20.3 Å². The molecule has 2 heterocycles. The topological polar surface area (TPSA) is 29.0 Å². The van der Waals surface area contributed by atoms with Gasteiger partial charge in [-0.1, -0.05) is 42.6 Å². The van der Waals surface area contributed by atoms with Crippen molar-refractivity contribution < 1.29 is 0 Å². The number of aromatic nitrogens is 2. The Balaban J connectivity index is 2.17. The second-order valence-corrected chi connectivity index (χ2v) is 7.13. The quantitative estimate of drug-likeness (QED) is 0.509. The number of hydrogen-bond donors (Lipinski definition) is 0. The summed E-state index contributed by atoms with van der Waals surface area (Å²) in [5.74, 6) is 0. The molecule has 0 aliphatic carbocycles.